The van der Waals surface area contributed by atoms with Crippen molar-refractivity contribution in [3.63, 3.8) is 0 Å². The molecular weight excluding hydrogens is 467 g/mol. The van der Waals surface area contributed by atoms with Gasteiger partial charge >= 0.3 is 0 Å². The lowest BCUT2D eigenvalue weighted by molar-refractivity contribution is 0.355. The molecule has 0 amide bonds. The van der Waals surface area contributed by atoms with Crippen molar-refractivity contribution in [3.8, 4) is 11.5 Å². The summed E-state index contributed by atoms with van der Waals surface area (Å²) in [6.07, 6.45) is 4.39. The van der Waals surface area contributed by atoms with Gasteiger partial charge in [0.1, 0.15) is 0 Å². The molecule has 0 unspecified atom stereocenters. The first-order valence-electron chi connectivity index (χ1n) is 8.92. The van der Waals surface area contributed by atoms with Crippen LogP contribution in [0, 0.1) is 0 Å². The van der Waals surface area contributed by atoms with Gasteiger partial charge in [-0.1, -0.05) is 24.3 Å². The molecule has 0 fully saturated rings. The molecule has 1 aliphatic rings. The Morgan fingerprint density at radius 3 is 2.46 bits per heavy atom. The number of rotatable bonds is 6. The van der Waals surface area contributed by atoms with E-state index in [1.807, 2.05) is 18.2 Å². The molecule has 0 atom stereocenters. The van der Waals surface area contributed by atoms with Crippen LogP contribution in [0.2, 0.25) is 0 Å². The standard InChI is InChI=1S/C21H26N4O2.HI/c1-22-21(24-17-9-10-19(26-2)20(14-17)27-3)23-15-16-7-6-8-18(13-16)25-11-4-5-12-25;/h4-10,13-14H,11-12,15H2,1-3H3,(H2,22,23,24);1H. The van der Waals surface area contributed by atoms with Gasteiger partial charge < -0.3 is 25.0 Å². The van der Waals surface area contributed by atoms with Crippen molar-refractivity contribution in [3.05, 3.63) is 60.2 Å². The van der Waals surface area contributed by atoms with Gasteiger partial charge in [-0.3, -0.25) is 4.99 Å². The van der Waals surface area contributed by atoms with Gasteiger partial charge in [0.25, 0.3) is 0 Å². The first-order chi connectivity index (χ1) is 13.2. The third-order valence-electron chi connectivity index (χ3n) is 4.42. The van der Waals surface area contributed by atoms with Crippen molar-refractivity contribution >= 4 is 41.3 Å². The molecule has 2 N–H and O–H groups in total. The molecule has 2 aromatic carbocycles. The molecule has 0 saturated heterocycles. The molecule has 2 aromatic rings. The van der Waals surface area contributed by atoms with E-state index in [2.05, 4.69) is 56.9 Å². The Balaban J connectivity index is 0.00000280. The van der Waals surface area contributed by atoms with E-state index in [4.69, 9.17) is 9.47 Å². The second-order valence-corrected chi connectivity index (χ2v) is 6.17. The van der Waals surface area contributed by atoms with Gasteiger partial charge in [0, 0.05) is 44.1 Å². The summed E-state index contributed by atoms with van der Waals surface area (Å²) in [7, 11) is 5.00. The monoisotopic (exact) mass is 494 g/mol. The first-order valence-corrected chi connectivity index (χ1v) is 8.92. The topological polar surface area (TPSA) is 58.1 Å². The molecule has 0 radical (unpaired) electrons. The Kier molecular flexibility index (Phi) is 8.43. The number of hydrogen-bond donors (Lipinski definition) is 2. The van der Waals surface area contributed by atoms with Crippen LogP contribution < -0.4 is 25.0 Å². The number of benzene rings is 2. The number of nitrogens with zero attached hydrogens (tertiary/aromatic N) is 2. The maximum atomic E-state index is 5.35. The van der Waals surface area contributed by atoms with Crippen LogP contribution in [0.4, 0.5) is 11.4 Å². The SMILES string of the molecule is CN=C(NCc1cccc(N2CC=CC2)c1)Nc1ccc(OC)c(OC)c1.I. The van der Waals surface area contributed by atoms with Crippen LogP contribution in [0.25, 0.3) is 0 Å². The molecule has 0 aliphatic carbocycles. The summed E-state index contributed by atoms with van der Waals surface area (Å²) in [6.45, 7) is 2.63. The van der Waals surface area contributed by atoms with E-state index in [-0.39, 0.29) is 24.0 Å². The Bertz CT molecular complexity index is 831. The summed E-state index contributed by atoms with van der Waals surface area (Å²) in [5.74, 6) is 2.06. The summed E-state index contributed by atoms with van der Waals surface area (Å²) in [5.41, 5.74) is 3.31. The highest BCUT2D eigenvalue weighted by Gasteiger charge is 2.09. The van der Waals surface area contributed by atoms with Crippen LogP contribution in [0.15, 0.2) is 59.6 Å². The van der Waals surface area contributed by atoms with Crippen molar-refractivity contribution in [2.45, 2.75) is 6.54 Å². The molecule has 0 bridgehead atoms. The lowest BCUT2D eigenvalue weighted by Crippen LogP contribution is -2.30. The van der Waals surface area contributed by atoms with E-state index in [9.17, 15) is 0 Å². The number of methoxy groups -OCH3 is 2. The van der Waals surface area contributed by atoms with E-state index in [0.29, 0.717) is 24.0 Å². The minimum atomic E-state index is 0. The molecule has 1 aliphatic heterocycles. The average Bonchev–Trinajstić information content (AvgIpc) is 3.26. The summed E-state index contributed by atoms with van der Waals surface area (Å²) >= 11 is 0. The van der Waals surface area contributed by atoms with Crippen LogP contribution in [-0.4, -0.2) is 40.3 Å². The number of hydrogen-bond acceptors (Lipinski definition) is 4. The van der Waals surface area contributed by atoms with Crippen molar-refractivity contribution < 1.29 is 9.47 Å². The molecule has 0 spiro atoms. The van der Waals surface area contributed by atoms with E-state index in [1.165, 1.54) is 11.3 Å². The van der Waals surface area contributed by atoms with Crippen LogP contribution in [0.5, 0.6) is 11.5 Å². The van der Waals surface area contributed by atoms with Crippen molar-refractivity contribution in [2.75, 3.05) is 44.6 Å². The van der Waals surface area contributed by atoms with Crippen LogP contribution in [0.3, 0.4) is 0 Å². The Morgan fingerprint density at radius 2 is 1.79 bits per heavy atom. The van der Waals surface area contributed by atoms with Crippen molar-refractivity contribution in [1.82, 2.24) is 5.32 Å². The molecule has 1 heterocycles. The third-order valence-corrected chi connectivity index (χ3v) is 4.42. The van der Waals surface area contributed by atoms with Crippen LogP contribution in [-0.2, 0) is 6.54 Å². The fourth-order valence-corrected chi connectivity index (χ4v) is 2.97. The van der Waals surface area contributed by atoms with E-state index < -0.39 is 0 Å². The predicted molar refractivity (Wildman–Crippen MR) is 127 cm³/mol. The summed E-state index contributed by atoms with van der Waals surface area (Å²) in [4.78, 5) is 6.63. The van der Waals surface area contributed by atoms with Gasteiger partial charge in [-0.15, -0.1) is 24.0 Å². The quantitative estimate of drug-likeness (QED) is 0.276. The van der Waals surface area contributed by atoms with Gasteiger partial charge in [-0.25, -0.2) is 0 Å². The lowest BCUT2D eigenvalue weighted by Gasteiger charge is -2.19. The maximum Gasteiger partial charge on any atom is 0.195 e. The number of halogens is 1. The molecule has 0 saturated carbocycles. The fourth-order valence-electron chi connectivity index (χ4n) is 2.97. The number of guanidine groups is 1. The van der Waals surface area contributed by atoms with Crippen molar-refractivity contribution in [2.24, 2.45) is 4.99 Å². The van der Waals surface area contributed by atoms with E-state index in [0.717, 1.165) is 18.8 Å². The lowest BCUT2D eigenvalue weighted by atomic mass is 10.2. The minimum absolute atomic E-state index is 0. The van der Waals surface area contributed by atoms with Crippen LogP contribution in [0.1, 0.15) is 5.56 Å². The molecular formula is C21H27IN4O2. The molecule has 150 valence electrons. The second-order valence-electron chi connectivity index (χ2n) is 6.17. The summed E-state index contributed by atoms with van der Waals surface area (Å²) in [5, 5.41) is 6.63. The summed E-state index contributed by atoms with van der Waals surface area (Å²) in [6, 6.07) is 14.2. The Hall–Kier alpha value is -2.42. The smallest absolute Gasteiger partial charge is 0.195 e. The molecule has 0 aromatic heterocycles. The normalized spacial score (nSPS) is 13.1. The average molecular weight is 494 g/mol. The molecule has 3 rings (SSSR count). The zero-order chi connectivity index (χ0) is 19.1. The maximum absolute atomic E-state index is 5.35. The predicted octanol–water partition coefficient (Wildman–Crippen LogP) is 3.89. The zero-order valence-corrected chi connectivity index (χ0v) is 18.8. The molecule has 7 heteroatoms. The number of nitrogens with one attached hydrogen (secondary N) is 2. The van der Waals surface area contributed by atoms with Crippen molar-refractivity contribution in [1.29, 1.82) is 0 Å². The van der Waals surface area contributed by atoms with Gasteiger partial charge in [0.05, 0.1) is 14.2 Å². The minimum Gasteiger partial charge on any atom is -0.493 e. The van der Waals surface area contributed by atoms with Gasteiger partial charge in [0.2, 0.25) is 0 Å². The Morgan fingerprint density at radius 1 is 1.04 bits per heavy atom. The second kappa shape index (κ2) is 10.8. The third kappa shape index (κ3) is 5.54. The zero-order valence-electron chi connectivity index (χ0n) is 16.4. The highest BCUT2D eigenvalue weighted by molar-refractivity contribution is 14.0. The van der Waals surface area contributed by atoms with Gasteiger partial charge in [0.15, 0.2) is 17.5 Å². The summed E-state index contributed by atoms with van der Waals surface area (Å²) < 4.78 is 10.6. The number of anilines is 2. The number of aliphatic imine (C=N–C) groups is 1. The Labute approximate surface area is 183 Å². The molecule has 6 nitrogen and oxygen atoms in total. The first kappa shape index (κ1) is 21.9. The fraction of sp³-hybridized carbons (Fsp3) is 0.286. The van der Waals surface area contributed by atoms with E-state index in [1.54, 1.807) is 21.3 Å². The molecule has 28 heavy (non-hydrogen) atoms. The number of ether oxygens (including phenoxy) is 2. The largest absolute Gasteiger partial charge is 0.493 e. The highest BCUT2D eigenvalue weighted by Crippen LogP contribution is 2.29. The van der Waals surface area contributed by atoms with Gasteiger partial charge in [-0.05, 0) is 29.8 Å². The van der Waals surface area contributed by atoms with E-state index >= 15 is 0 Å². The highest BCUT2D eigenvalue weighted by atomic mass is 127. The van der Waals surface area contributed by atoms with Gasteiger partial charge in [-0.2, -0.15) is 0 Å². The van der Waals surface area contributed by atoms with Crippen LogP contribution >= 0.6 is 24.0 Å².